The molecule has 4 rings (SSSR count). The molecule has 1 saturated heterocycles. The Morgan fingerprint density at radius 3 is 2.68 bits per heavy atom. The standard InChI is InChI=1S/C22H23NO3S2/c1-13-11-19(25-3)14(2)10-17(13)18-9-8-16(26-18)12-20-21(24)23(22(27)28-20)15-6-4-5-7-15/h8-12,15H,4-7H2,1-3H3/b20-12+. The Morgan fingerprint density at radius 1 is 1.21 bits per heavy atom. The number of ether oxygens (including phenoxy) is 1. The lowest BCUT2D eigenvalue weighted by atomic mass is 10.0. The number of methoxy groups -OCH3 is 1. The van der Waals surface area contributed by atoms with Crippen molar-refractivity contribution in [3.05, 3.63) is 46.1 Å². The third kappa shape index (κ3) is 3.51. The lowest BCUT2D eigenvalue weighted by Crippen LogP contribution is -2.36. The van der Waals surface area contributed by atoms with E-state index in [1.807, 2.05) is 38.1 Å². The first-order valence-corrected chi connectivity index (χ1v) is 10.7. The fourth-order valence-corrected chi connectivity index (χ4v) is 5.32. The molecule has 4 nitrogen and oxygen atoms in total. The normalized spacial score (nSPS) is 19.2. The minimum Gasteiger partial charge on any atom is -0.496 e. The quantitative estimate of drug-likeness (QED) is 0.474. The Bertz CT molecular complexity index is 970. The second kappa shape index (κ2) is 7.76. The van der Waals surface area contributed by atoms with Crippen LogP contribution < -0.4 is 4.74 Å². The van der Waals surface area contributed by atoms with Crippen molar-refractivity contribution in [2.75, 3.05) is 7.11 Å². The van der Waals surface area contributed by atoms with E-state index in [1.165, 1.54) is 24.6 Å². The number of carbonyl (C=O) groups excluding carboxylic acids is 1. The van der Waals surface area contributed by atoms with Gasteiger partial charge >= 0.3 is 0 Å². The van der Waals surface area contributed by atoms with Crippen molar-refractivity contribution >= 4 is 40.3 Å². The summed E-state index contributed by atoms with van der Waals surface area (Å²) in [5.41, 5.74) is 3.16. The fourth-order valence-electron chi connectivity index (χ4n) is 3.94. The highest BCUT2D eigenvalue weighted by Crippen LogP contribution is 2.38. The van der Waals surface area contributed by atoms with Gasteiger partial charge in [0.2, 0.25) is 0 Å². The zero-order valence-corrected chi connectivity index (χ0v) is 17.9. The summed E-state index contributed by atoms with van der Waals surface area (Å²) in [6, 6.07) is 8.18. The molecule has 1 aromatic heterocycles. The first-order chi connectivity index (χ1) is 13.5. The monoisotopic (exact) mass is 413 g/mol. The van der Waals surface area contributed by atoms with Crippen LogP contribution in [0.1, 0.15) is 42.6 Å². The maximum atomic E-state index is 12.8. The van der Waals surface area contributed by atoms with Crippen molar-refractivity contribution in [2.45, 2.75) is 45.6 Å². The van der Waals surface area contributed by atoms with Crippen LogP contribution in [0.25, 0.3) is 17.4 Å². The van der Waals surface area contributed by atoms with Crippen LogP contribution in [-0.4, -0.2) is 28.3 Å². The molecule has 0 atom stereocenters. The van der Waals surface area contributed by atoms with E-state index in [9.17, 15) is 4.79 Å². The number of thioether (sulfide) groups is 1. The lowest BCUT2D eigenvalue weighted by Gasteiger charge is -2.21. The molecule has 1 aliphatic carbocycles. The zero-order chi connectivity index (χ0) is 19.8. The van der Waals surface area contributed by atoms with Crippen LogP contribution in [0.15, 0.2) is 33.6 Å². The van der Waals surface area contributed by atoms with E-state index in [4.69, 9.17) is 21.4 Å². The Labute approximate surface area is 174 Å². The summed E-state index contributed by atoms with van der Waals surface area (Å²) in [6.07, 6.45) is 6.23. The molecule has 0 bridgehead atoms. The predicted octanol–water partition coefficient (Wildman–Crippen LogP) is 5.72. The third-order valence-electron chi connectivity index (χ3n) is 5.42. The molecule has 0 spiro atoms. The average molecular weight is 414 g/mol. The summed E-state index contributed by atoms with van der Waals surface area (Å²) < 4.78 is 12.1. The van der Waals surface area contributed by atoms with Gasteiger partial charge in [-0.05, 0) is 62.1 Å². The number of amides is 1. The first kappa shape index (κ1) is 19.3. The van der Waals surface area contributed by atoms with Gasteiger partial charge in [-0.15, -0.1) is 0 Å². The molecule has 0 N–H and O–H groups in total. The largest absolute Gasteiger partial charge is 0.496 e. The lowest BCUT2D eigenvalue weighted by molar-refractivity contribution is -0.123. The smallest absolute Gasteiger partial charge is 0.266 e. The van der Waals surface area contributed by atoms with Gasteiger partial charge < -0.3 is 9.15 Å². The van der Waals surface area contributed by atoms with E-state index < -0.39 is 0 Å². The van der Waals surface area contributed by atoms with E-state index in [2.05, 4.69) is 6.07 Å². The van der Waals surface area contributed by atoms with Crippen molar-refractivity contribution < 1.29 is 13.9 Å². The molecule has 2 fully saturated rings. The number of nitrogens with zero attached hydrogens (tertiary/aromatic N) is 1. The van der Waals surface area contributed by atoms with Gasteiger partial charge in [0, 0.05) is 17.7 Å². The van der Waals surface area contributed by atoms with Crippen molar-refractivity contribution in [3.63, 3.8) is 0 Å². The highest BCUT2D eigenvalue weighted by Gasteiger charge is 2.38. The van der Waals surface area contributed by atoms with Gasteiger partial charge in [0.05, 0.1) is 12.0 Å². The molecular formula is C22H23NO3S2. The number of benzene rings is 1. The Hall–Kier alpha value is -2.05. The van der Waals surface area contributed by atoms with E-state index in [0.29, 0.717) is 15.0 Å². The van der Waals surface area contributed by atoms with Crippen LogP contribution in [0.2, 0.25) is 0 Å². The van der Waals surface area contributed by atoms with Gasteiger partial charge in [0.25, 0.3) is 5.91 Å². The summed E-state index contributed by atoms with van der Waals surface area (Å²) >= 11 is 6.84. The van der Waals surface area contributed by atoms with Crippen LogP contribution in [0.5, 0.6) is 5.75 Å². The first-order valence-electron chi connectivity index (χ1n) is 9.50. The number of furan rings is 1. The minimum absolute atomic E-state index is 0.0105. The molecule has 28 heavy (non-hydrogen) atoms. The highest BCUT2D eigenvalue weighted by atomic mass is 32.2. The summed E-state index contributed by atoms with van der Waals surface area (Å²) in [5, 5.41) is 0. The Kier molecular flexibility index (Phi) is 5.34. The van der Waals surface area contributed by atoms with Gasteiger partial charge in [-0.3, -0.25) is 9.69 Å². The van der Waals surface area contributed by atoms with Crippen molar-refractivity contribution in [1.82, 2.24) is 4.90 Å². The fraction of sp³-hybridized carbons (Fsp3) is 0.364. The van der Waals surface area contributed by atoms with Crippen molar-refractivity contribution in [3.8, 4) is 17.1 Å². The summed E-state index contributed by atoms with van der Waals surface area (Å²) in [6.45, 7) is 4.05. The highest BCUT2D eigenvalue weighted by molar-refractivity contribution is 8.26. The number of hydrogen-bond acceptors (Lipinski definition) is 5. The van der Waals surface area contributed by atoms with Crippen molar-refractivity contribution in [1.29, 1.82) is 0 Å². The van der Waals surface area contributed by atoms with Gasteiger partial charge in [0.15, 0.2) is 0 Å². The number of aryl methyl sites for hydroxylation is 2. The molecular weight excluding hydrogens is 390 g/mol. The zero-order valence-electron chi connectivity index (χ0n) is 16.3. The minimum atomic E-state index is 0.0105. The van der Waals surface area contributed by atoms with Gasteiger partial charge in [-0.1, -0.05) is 36.8 Å². The van der Waals surface area contributed by atoms with Gasteiger partial charge in [-0.25, -0.2) is 0 Å². The molecule has 146 valence electrons. The molecule has 2 aliphatic rings. The molecule has 1 aliphatic heterocycles. The van der Waals surface area contributed by atoms with Crippen LogP contribution in [0.4, 0.5) is 0 Å². The molecule has 0 radical (unpaired) electrons. The maximum Gasteiger partial charge on any atom is 0.266 e. The number of rotatable bonds is 4. The van der Waals surface area contributed by atoms with Crippen LogP contribution in [0.3, 0.4) is 0 Å². The summed E-state index contributed by atoms with van der Waals surface area (Å²) in [5.74, 6) is 2.32. The molecule has 1 saturated carbocycles. The third-order valence-corrected chi connectivity index (χ3v) is 6.75. The number of hydrogen-bond donors (Lipinski definition) is 0. The van der Waals surface area contributed by atoms with E-state index in [1.54, 1.807) is 12.0 Å². The molecule has 2 heterocycles. The predicted molar refractivity (Wildman–Crippen MR) is 117 cm³/mol. The topological polar surface area (TPSA) is 42.7 Å². The second-order valence-corrected chi connectivity index (χ2v) is 9.00. The van der Waals surface area contributed by atoms with Crippen LogP contribution >= 0.6 is 24.0 Å². The molecule has 0 unspecified atom stereocenters. The SMILES string of the molecule is COc1cc(C)c(-c2ccc(/C=C3/SC(=S)N(C4CCCC4)C3=O)o2)cc1C. The molecule has 2 aromatic rings. The average Bonchev–Trinajstić information content (AvgIpc) is 3.39. The van der Waals surface area contributed by atoms with Crippen LogP contribution in [0, 0.1) is 13.8 Å². The van der Waals surface area contributed by atoms with E-state index >= 15 is 0 Å². The Morgan fingerprint density at radius 2 is 1.96 bits per heavy atom. The van der Waals surface area contributed by atoms with Crippen molar-refractivity contribution in [2.24, 2.45) is 0 Å². The number of thiocarbonyl (C=S) groups is 1. The number of carbonyl (C=O) groups is 1. The van der Waals surface area contributed by atoms with Gasteiger partial charge in [-0.2, -0.15) is 0 Å². The molecule has 1 amide bonds. The van der Waals surface area contributed by atoms with E-state index in [-0.39, 0.29) is 11.9 Å². The maximum absolute atomic E-state index is 12.8. The summed E-state index contributed by atoms with van der Waals surface area (Å²) in [7, 11) is 1.67. The Balaban J connectivity index is 1.59. The van der Waals surface area contributed by atoms with Crippen LogP contribution in [-0.2, 0) is 4.79 Å². The van der Waals surface area contributed by atoms with E-state index in [0.717, 1.165) is 41.0 Å². The molecule has 1 aromatic carbocycles. The summed E-state index contributed by atoms with van der Waals surface area (Å²) in [4.78, 5) is 15.3. The van der Waals surface area contributed by atoms with Gasteiger partial charge in [0.1, 0.15) is 21.6 Å². The molecule has 6 heteroatoms. The second-order valence-electron chi connectivity index (χ2n) is 7.33.